The van der Waals surface area contributed by atoms with Crippen molar-refractivity contribution in [3.05, 3.63) is 59.1 Å². The molecule has 0 spiro atoms. The number of carbonyl (C=O) groups is 1. The second-order valence-corrected chi connectivity index (χ2v) is 5.41. The maximum atomic E-state index is 12.0. The third-order valence-electron chi connectivity index (χ3n) is 3.25. The molecule has 0 unspecified atom stereocenters. The summed E-state index contributed by atoms with van der Waals surface area (Å²) in [5.74, 6) is 1.19. The van der Waals surface area contributed by atoms with Crippen LogP contribution in [0.15, 0.2) is 48.5 Å². The fraction of sp³-hybridized carbons (Fsp3) is 0.278. The van der Waals surface area contributed by atoms with Gasteiger partial charge < -0.3 is 14.8 Å². The molecule has 0 saturated carbocycles. The molecule has 0 aliphatic carbocycles. The summed E-state index contributed by atoms with van der Waals surface area (Å²) in [6, 6.07) is 14.4. The van der Waals surface area contributed by atoms with Gasteiger partial charge in [0.1, 0.15) is 11.5 Å². The third kappa shape index (κ3) is 5.18. The van der Waals surface area contributed by atoms with Gasteiger partial charge in [-0.1, -0.05) is 29.8 Å². The van der Waals surface area contributed by atoms with Gasteiger partial charge >= 0.3 is 0 Å². The summed E-state index contributed by atoms with van der Waals surface area (Å²) in [4.78, 5) is 12.0. The van der Waals surface area contributed by atoms with Crippen LogP contribution in [0.3, 0.4) is 0 Å². The van der Waals surface area contributed by atoms with Gasteiger partial charge in [-0.15, -0.1) is 0 Å². The molecule has 4 nitrogen and oxygen atoms in total. The quantitative estimate of drug-likeness (QED) is 0.833. The molecule has 23 heavy (non-hydrogen) atoms. The van der Waals surface area contributed by atoms with Crippen LogP contribution in [0, 0.1) is 0 Å². The van der Waals surface area contributed by atoms with Gasteiger partial charge in [0.25, 0.3) is 5.91 Å². The molecule has 0 aliphatic rings. The van der Waals surface area contributed by atoms with E-state index in [1.54, 1.807) is 18.2 Å². The van der Waals surface area contributed by atoms with Gasteiger partial charge in [-0.05, 0) is 49.7 Å². The van der Waals surface area contributed by atoms with Gasteiger partial charge in [0.15, 0.2) is 6.61 Å². The molecule has 0 bridgehead atoms. The van der Waals surface area contributed by atoms with Gasteiger partial charge in [0.05, 0.1) is 12.6 Å². The first kappa shape index (κ1) is 17.2. The van der Waals surface area contributed by atoms with Crippen molar-refractivity contribution in [2.24, 2.45) is 0 Å². The number of halogens is 1. The van der Waals surface area contributed by atoms with Crippen LogP contribution in [0.1, 0.15) is 25.5 Å². The van der Waals surface area contributed by atoms with Crippen LogP contribution in [0.2, 0.25) is 5.02 Å². The van der Waals surface area contributed by atoms with Crippen molar-refractivity contribution in [2.45, 2.75) is 19.9 Å². The molecule has 0 heterocycles. The number of ether oxygens (including phenoxy) is 2. The normalized spacial score (nSPS) is 11.6. The maximum absolute atomic E-state index is 12.0. The zero-order valence-corrected chi connectivity index (χ0v) is 14.0. The Kier molecular flexibility index (Phi) is 6.29. The Labute approximate surface area is 141 Å². The van der Waals surface area contributed by atoms with E-state index in [1.807, 2.05) is 44.2 Å². The van der Waals surface area contributed by atoms with Crippen molar-refractivity contribution < 1.29 is 14.3 Å². The van der Waals surface area contributed by atoms with Crippen LogP contribution < -0.4 is 14.8 Å². The lowest BCUT2D eigenvalue weighted by Gasteiger charge is -2.16. The average molecular weight is 334 g/mol. The Balaban J connectivity index is 1.84. The predicted octanol–water partition coefficient (Wildman–Crippen LogP) is 3.99. The fourth-order valence-electron chi connectivity index (χ4n) is 2.13. The zero-order chi connectivity index (χ0) is 16.7. The van der Waals surface area contributed by atoms with Crippen molar-refractivity contribution >= 4 is 17.5 Å². The lowest BCUT2D eigenvalue weighted by molar-refractivity contribution is -0.123. The first-order valence-corrected chi connectivity index (χ1v) is 7.87. The molecule has 1 N–H and O–H groups in total. The molecule has 5 heteroatoms. The Morgan fingerprint density at radius 3 is 2.30 bits per heavy atom. The molecule has 2 aromatic carbocycles. The van der Waals surface area contributed by atoms with Crippen LogP contribution in [-0.2, 0) is 4.79 Å². The Bertz CT molecular complexity index is 643. The van der Waals surface area contributed by atoms with E-state index in [4.69, 9.17) is 21.1 Å². The van der Waals surface area contributed by atoms with Gasteiger partial charge in [-0.25, -0.2) is 0 Å². The second kappa shape index (κ2) is 8.44. The van der Waals surface area contributed by atoms with Crippen LogP contribution in [0.25, 0.3) is 0 Å². The van der Waals surface area contributed by atoms with E-state index in [9.17, 15) is 4.79 Å². The van der Waals surface area contributed by atoms with E-state index in [-0.39, 0.29) is 18.6 Å². The first-order valence-electron chi connectivity index (χ1n) is 7.49. The number of carbonyl (C=O) groups excluding carboxylic acids is 1. The summed E-state index contributed by atoms with van der Waals surface area (Å²) < 4.78 is 10.8. The molecule has 0 aromatic heterocycles. The second-order valence-electron chi connectivity index (χ2n) is 5.00. The molecule has 122 valence electrons. The van der Waals surface area contributed by atoms with Gasteiger partial charge in [-0.3, -0.25) is 4.79 Å². The van der Waals surface area contributed by atoms with E-state index in [1.165, 1.54) is 0 Å². The lowest BCUT2D eigenvalue weighted by Crippen LogP contribution is -2.31. The average Bonchev–Trinajstić information content (AvgIpc) is 2.55. The van der Waals surface area contributed by atoms with E-state index < -0.39 is 0 Å². The van der Waals surface area contributed by atoms with Crippen molar-refractivity contribution in [1.82, 2.24) is 5.32 Å². The smallest absolute Gasteiger partial charge is 0.258 e. The molecule has 0 fully saturated rings. The summed E-state index contributed by atoms with van der Waals surface area (Å²) in [6.45, 7) is 4.37. The Morgan fingerprint density at radius 1 is 1.09 bits per heavy atom. The number of hydrogen-bond acceptors (Lipinski definition) is 3. The maximum Gasteiger partial charge on any atom is 0.258 e. The summed E-state index contributed by atoms with van der Waals surface area (Å²) >= 11 is 6.12. The highest BCUT2D eigenvalue weighted by atomic mass is 35.5. The lowest BCUT2D eigenvalue weighted by atomic mass is 10.1. The highest BCUT2D eigenvalue weighted by Gasteiger charge is 2.12. The molecule has 0 saturated heterocycles. The number of nitrogens with one attached hydrogen (secondary N) is 1. The molecule has 1 atom stereocenters. The molecule has 0 aliphatic heterocycles. The molecule has 1 amide bonds. The first-order chi connectivity index (χ1) is 11.1. The molecule has 2 rings (SSSR count). The summed E-state index contributed by atoms with van der Waals surface area (Å²) in [6.07, 6.45) is 0. The Morgan fingerprint density at radius 2 is 1.70 bits per heavy atom. The number of benzene rings is 2. The highest BCUT2D eigenvalue weighted by molar-refractivity contribution is 6.31. The van der Waals surface area contributed by atoms with E-state index in [2.05, 4.69) is 5.32 Å². The number of amides is 1. The van der Waals surface area contributed by atoms with Crippen molar-refractivity contribution in [2.75, 3.05) is 13.2 Å². The van der Waals surface area contributed by atoms with E-state index >= 15 is 0 Å². The standard InChI is InChI=1S/C18H20ClNO3/c1-3-22-14-8-10-15(11-9-14)23-12-18(21)20-13(2)16-6-4-5-7-17(16)19/h4-11,13H,3,12H2,1-2H3,(H,20,21)/t13-/m0/s1. The minimum absolute atomic E-state index is 0.0528. The SMILES string of the molecule is CCOc1ccc(OCC(=O)N[C@@H](C)c2ccccc2Cl)cc1. The van der Waals surface area contributed by atoms with Gasteiger partial charge in [-0.2, -0.15) is 0 Å². The van der Waals surface area contributed by atoms with Crippen molar-refractivity contribution in [3.63, 3.8) is 0 Å². The zero-order valence-electron chi connectivity index (χ0n) is 13.2. The van der Waals surface area contributed by atoms with Gasteiger partial charge in [0, 0.05) is 5.02 Å². The Hall–Kier alpha value is -2.20. The largest absolute Gasteiger partial charge is 0.494 e. The van der Waals surface area contributed by atoms with E-state index in [0.29, 0.717) is 17.4 Å². The fourth-order valence-corrected chi connectivity index (χ4v) is 2.43. The minimum atomic E-state index is -0.202. The minimum Gasteiger partial charge on any atom is -0.494 e. The highest BCUT2D eigenvalue weighted by Crippen LogP contribution is 2.22. The third-order valence-corrected chi connectivity index (χ3v) is 3.60. The molecular formula is C18H20ClNO3. The molecule has 2 aromatic rings. The van der Waals surface area contributed by atoms with Crippen molar-refractivity contribution in [1.29, 1.82) is 0 Å². The number of rotatable bonds is 7. The predicted molar refractivity (Wildman–Crippen MR) is 91.1 cm³/mol. The van der Waals surface area contributed by atoms with Crippen LogP contribution >= 0.6 is 11.6 Å². The van der Waals surface area contributed by atoms with Crippen LogP contribution in [0.5, 0.6) is 11.5 Å². The summed E-state index contributed by atoms with van der Waals surface area (Å²) in [5.41, 5.74) is 0.878. The summed E-state index contributed by atoms with van der Waals surface area (Å²) in [5, 5.41) is 3.50. The van der Waals surface area contributed by atoms with Crippen molar-refractivity contribution in [3.8, 4) is 11.5 Å². The van der Waals surface area contributed by atoms with E-state index in [0.717, 1.165) is 11.3 Å². The topological polar surface area (TPSA) is 47.6 Å². The summed E-state index contributed by atoms with van der Waals surface area (Å²) in [7, 11) is 0. The van der Waals surface area contributed by atoms with Crippen LogP contribution in [0.4, 0.5) is 0 Å². The van der Waals surface area contributed by atoms with Gasteiger partial charge in [0.2, 0.25) is 0 Å². The molecular weight excluding hydrogens is 314 g/mol. The molecule has 0 radical (unpaired) electrons. The monoisotopic (exact) mass is 333 g/mol. The van der Waals surface area contributed by atoms with Crippen LogP contribution in [-0.4, -0.2) is 19.1 Å². The number of hydrogen-bond donors (Lipinski definition) is 1.